The quantitative estimate of drug-likeness (QED) is 0.0219. The third-order valence-electron chi connectivity index (χ3n) is 12.3. The molecule has 10 nitrogen and oxygen atoms in total. The Morgan fingerprint density at radius 3 is 1.33 bits per heavy atom. The summed E-state index contributed by atoms with van der Waals surface area (Å²) in [5.74, 6) is -1.11. The molecule has 0 aromatic rings. The zero-order valence-electron chi connectivity index (χ0n) is 37.3. The molecule has 1 fully saturated rings. The predicted octanol–water partition coefficient (Wildman–Crippen LogP) is 9.43. The van der Waals surface area contributed by atoms with Crippen LogP contribution in [0.15, 0.2) is 12.2 Å². The lowest BCUT2D eigenvalue weighted by molar-refractivity contribution is -0.253. The van der Waals surface area contributed by atoms with Crippen LogP contribution in [-0.4, -0.2) is 103 Å². The first-order chi connectivity index (χ1) is 28.2. The summed E-state index contributed by atoms with van der Waals surface area (Å²) in [5.41, 5.74) is 0. The number of aliphatic carboxylic acids is 1. The lowest BCUT2D eigenvalue weighted by atomic mass is 9.87. The topological polar surface area (TPSA) is 180 Å². The van der Waals surface area contributed by atoms with Crippen molar-refractivity contribution in [3.05, 3.63) is 12.2 Å². The Morgan fingerprint density at radius 2 is 0.948 bits per heavy atom. The van der Waals surface area contributed by atoms with Crippen molar-refractivity contribution >= 4 is 5.97 Å². The molecule has 0 aromatic heterocycles. The second-order valence-corrected chi connectivity index (χ2v) is 17.6. The van der Waals surface area contributed by atoms with E-state index >= 15 is 0 Å². The number of nitrogens with one attached hydrogen (secondary N) is 1. The number of aliphatic hydroxyl groups is 6. The summed E-state index contributed by atoms with van der Waals surface area (Å²) in [4.78, 5) is 12.4. The molecule has 0 amide bonds. The van der Waals surface area contributed by atoms with Crippen molar-refractivity contribution in [2.24, 2.45) is 0 Å². The summed E-state index contributed by atoms with van der Waals surface area (Å²) in [6, 6.07) is -2.34. The van der Waals surface area contributed by atoms with E-state index in [4.69, 9.17) is 4.74 Å². The van der Waals surface area contributed by atoms with Crippen molar-refractivity contribution in [1.82, 2.24) is 5.32 Å². The van der Waals surface area contributed by atoms with Gasteiger partial charge in [-0.2, -0.15) is 0 Å². The summed E-state index contributed by atoms with van der Waals surface area (Å²) in [6.45, 7) is 3.84. The molecule has 0 saturated carbocycles. The first-order valence-corrected chi connectivity index (χ1v) is 24.5. The highest BCUT2D eigenvalue weighted by Crippen LogP contribution is 2.26. The van der Waals surface area contributed by atoms with Crippen LogP contribution >= 0.6 is 0 Å². The Morgan fingerprint density at radius 1 is 0.569 bits per heavy atom. The van der Waals surface area contributed by atoms with Crippen molar-refractivity contribution < 1.29 is 45.3 Å². The molecule has 0 spiro atoms. The number of unbranched alkanes of at least 4 members (excludes halogenated alkanes) is 30. The van der Waals surface area contributed by atoms with Crippen LogP contribution in [0.5, 0.6) is 0 Å². The maximum atomic E-state index is 12.4. The van der Waals surface area contributed by atoms with Crippen LogP contribution in [0.4, 0.5) is 0 Å². The van der Waals surface area contributed by atoms with Gasteiger partial charge in [-0.05, 0) is 19.3 Å². The van der Waals surface area contributed by atoms with Crippen molar-refractivity contribution in [3.8, 4) is 0 Å². The van der Waals surface area contributed by atoms with E-state index in [-0.39, 0.29) is 0 Å². The van der Waals surface area contributed by atoms with Crippen LogP contribution in [0.2, 0.25) is 0 Å². The Balaban J connectivity index is 2.48. The van der Waals surface area contributed by atoms with Crippen LogP contribution < -0.4 is 5.32 Å². The van der Waals surface area contributed by atoms with E-state index in [1.165, 1.54) is 160 Å². The van der Waals surface area contributed by atoms with Crippen LogP contribution in [0.25, 0.3) is 0 Å². The van der Waals surface area contributed by atoms with Gasteiger partial charge in [-0.25, -0.2) is 0 Å². The van der Waals surface area contributed by atoms with Gasteiger partial charge in [0.05, 0.1) is 18.8 Å². The Hall–Kier alpha value is -1.11. The molecule has 1 aliphatic heterocycles. The summed E-state index contributed by atoms with van der Waals surface area (Å²) in [6.07, 6.45) is 32.4. The van der Waals surface area contributed by atoms with E-state index in [0.717, 1.165) is 44.9 Å². The predicted molar refractivity (Wildman–Crippen MR) is 237 cm³/mol. The lowest BCUT2D eigenvalue weighted by Gasteiger charge is -2.44. The van der Waals surface area contributed by atoms with Gasteiger partial charge in [-0.1, -0.05) is 219 Å². The molecule has 0 radical (unpaired) electrons. The normalized spacial score (nSPS) is 22.0. The Labute approximate surface area is 355 Å². The molecule has 8 N–H and O–H groups in total. The molecule has 0 aromatic carbocycles. The average Bonchev–Trinajstić information content (AvgIpc) is 3.21. The molecule has 1 aliphatic rings. The molecule has 3 unspecified atom stereocenters. The third kappa shape index (κ3) is 26.3. The van der Waals surface area contributed by atoms with E-state index in [2.05, 4.69) is 19.2 Å². The SMILES string of the molecule is CCCCCCCCCCCCC/C=C/[C@@H](O)[C@@H](NC(CCCCCCCCCCCCCCCCCCCCCC)C(=O)O)C(O)C1O[C@H](CO)[C@H](O)[C@H](O)[C@H]1O. The molecule has 1 saturated heterocycles. The zero-order valence-corrected chi connectivity index (χ0v) is 37.3. The van der Waals surface area contributed by atoms with Crippen molar-refractivity contribution in [2.75, 3.05) is 6.61 Å². The fraction of sp³-hybridized carbons (Fsp3) is 0.938. The highest BCUT2D eigenvalue weighted by atomic mass is 16.6. The first kappa shape index (κ1) is 54.9. The van der Waals surface area contributed by atoms with E-state index < -0.39 is 67.4 Å². The minimum absolute atomic E-state index is 0.293. The summed E-state index contributed by atoms with van der Waals surface area (Å²) in [5, 5.41) is 76.9. The van der Waals surface area contributed by atoms with Crippen molar-refractivity contribution in [2.45, 2.75) is 281 Å². The van der Waals surface area contributed by atoms with Crippen molar-refractivity contribution in [1.29, 1.82) is 0 Å². The minimum atomic E-state index is -1.72. The van der Waals surface area contributed by atoms with Crippen molar-refractivity contribution in [3.63, 3.8) is 0 Å². The van der Waals surface area contributed by atoms with Gasteiger partial charge in [-0.3, -0.25) is 10.1 Å². The smallest absolute Gasteiger partial charge is 0.320 e. The molecule has 1 heterocycles. The fourth-order valence-electron chi connectivity index (χ4n) is 8.41. The zero-order chi connectivity index (χ0) is 42.6. The summed E-state index contributed by atoms with van der Waals surface area (Å²) < 4.78 is 5.61. The second-order valence-electron chi connectivity index (χ2n) is 17.6. The van der Waals surface area contributed by atoms with Gasteiger partial charge < -0.3 is 40.5 Å². The molecule has 344 valence electrons. The number of aliphatic hydroxyl groups excluding tert-OH is 6. The van der Waals surface area contributed by atoms with Gasteiger partial charge in [0, 0.05) is 0 Å². The van der Waals surface area contributed by atoms with Gasteiger partial charge in [0.1, 0.15) is 42.7 Å². The van der Waals surface area contributed by atoms with E-state index in [1.807, 2.05) is 6.08 Å². The number of carboxylic acids is 1. The summed E-state index contributed by atoms with van der Waals surface area (Å²) >= 11 is 0. The Kier molecular flexibility index (Phi) is 35.6. The average molecular weight is 828 g/mol. The fourth-order valence-corrected chi connectivity index (χ4v) is 8.41. The number of hydrogen-bond acceptors (Lipinski definition) is 9. The highest BCUT2D eigenvalue weighted by molar-refractivity contribution is 5.73. The molecule has 0 bridgehead atoms. The number of carbonyl (C=O) groups is 1. The van der Waals surface area contributed by atoms with Crippen LogP contribution in [0, 0.1) is 0 Å². The van der Waals surface area contributed by atoms with Crippen LogP contribution in [0.3, 0.4) is 0 Å². The third-order valence-corrected chi connectivity index (χ3v) is 12.3. The van der Waals surface area contributed by atoms with Gasteiger partial charge in [0.25, 0.3) is 0 Å². The Bertz CT molecular complexity index is 952. The second kappa shape index (κ2) is 37.6. The molecule has 0 aliphatic carbocycles. The minimum Gasteiger partial charge on any atom is -0.480 e. The lowest BCUT2D eigenvalue weighted by Crippen LogP contribution is -2.66. The first-order valence-electron chi connectivity index (χ1n) is 24.5. The van der Waals surface area contributed by atoms with E-state index in [0.29, 0.717) is 12.8 Å². The molecule has 9 atom stereocenters. The molecule has 10 heteroatoms. The number of hydrogen-bond donors (Lipinski definition) is 8. The van der Waals surface area contributed by atoms with Crippen LogP contribution in [0.1, 0.15) is 226 Å². The molecular weight excluding hydrogens is 735 g/mol. The maximum Gasteiger partial charge on any atom is 0.320 e. The van der Waals surface area contributed by atoms with Gasteiger partial charge in [0.15, 0.2) is 0 Å². The number of carboxylic acid groups (broad SMARTS) is 1. The number of allylic oxidation sites excluding steroid dienone is 1. The standard InChI is InChI=1S/C48H93NO9/c1-3-5-7-9-11-13-15-17-18-19-20-21-22-23-25-26-28-30-32-34-36-39(48(56)57)49-42(44(53)47-46(55)45(54)43(52)41(38-50)58-47)40(51)37-35-33-31-29-27-24-16-14-12-10-8-6-4-2/h35,37,39-47,49-55H,3-34,36,38H2,1-2H3,(H,56,57)/b37-35+/t39?,40-,41-,42-,43+,44?,45+,46-,47?/m1/s1. The largest absolute Gasteiger partial charge is 0.480 e. The maximum absolute atomic E-state index is 12.4. The molecular formula is C48H93NO9. The number of ether oxygens (including phenoxy) is 1. The van der Waals surface area contributed by atoms with E-state index in [9.17, 15) is 40.5 Å². The number of rotatable bonds is 41. The highest BCUT2D eigenvalue weighted by Gasteiger charge is 2.49. The molecule has 58 heavy (non-hydrogen) atoms. The summed E-state index contributed by atoms with van der Waals surface area (Å²) in [7, 11) is 0. The monoisotopic (exact) mass is 828 g/mol. The van der Waals surface area contributed by atoms with Gasteiger partial charge in [-0.15, -0.1) is 0 Å². The van der Waals surface area contributed by atoms with Crippen LogP contribution in [-0.2, 0) is 9.53 Å². The van der Waals surface area contributed by atoms with Gasteiger partial charge in [0.2, 0.25) is 0 Å². The van der Waals surface area contributed by atoms with E-state index in [1.54, 1.807) is 0 Å². The molecule has 1 rings (SSSR count). The van der Waals surface area contributed by atoms with Gasteiger partial charge >= 0.3 is 5.97 Å².